The van der Waals surface area contributed by atoms with E-state index in [1.807, 2.05) is 6.92 Å². The molecule has 2 rings (SSSR count). The van der Waals surface area contributed by atoms with Crippen LogP contribution in [-0.4, -0.2) is 49.5 Å². The number of hydrogen-bond donors (Lipinski definition) is 2. The van der Waals surface area contributed by atoms with Gasteiger partial charge in [-0.05, 0) is 39.2 Å². The SMILES string of the molecule is CCNC(=NCCCNC(=O)c1occc1C)N1CCCC1. The molecule has 0 atom stereocenters. The normalized spacial score (nSPS) is 15.2. The van der Waals surface area contributed by atoms with Crippen molar-refractivity contribution in [3.63, 3.8) is 0 Å². The highest BCUT2D eigenvalue weighted by Crippen LogP contribution is 2.08. The second-order valence-corrected chi connectivity index (χ2v) is 5.47. The summed E-state index contributed by atoms with van der Waals surface area (Å²) in [6.45, 7) is 8.29. The minimum absolute atomic E-state index is 0.155. The van der Waals surface area contributed by atoms with Gasteiger partial charge in [-0.3, -0.25) is 9.79 Å². The molecule has 122 valence electrons. The molecule has 1 saturated heterocycles. The van der Waals surface area contributed by atoms with Gasteiger partial charge in [0.1, 0.15) is 0 Å². The third kappa shape index (κ3) is 4.51. The van der Waals surface area contributed by atoms with E-state index < -0.39 is 0 Å². The molecule has 22 heavy (non-hydrogen) atoms. The molecule has 0 aliphatic carbocycles. The molecule has 1 aromatic heterocycles. The van der Waals surface area contributed by atoms with Gasteiger partial charge in [-0.25, -0.2) is 0 Å². The molecule has 1 fully saturated rings. The van der Waals surface area contributed by atoms with Crippen LogP contribution < -0.4 is 10.6 Å². The lowest BCUT2D eigenvalue weighted by Gasteiger charge is -2.20. The summed E-state index contributed by atoms with van der Waals surface area (Å²) >= 11 is 0. The Morgan fingerprint density at radius 3 is 2.77 bits per heavy atom. The number of nitrogens with zero attached hydrogens (tertiary/aromatic N) is 2. The number of carbonyl (C=O) groups excluding carboxylic acids is 1. The number of rotatable bonds is 6. The van der Waals surface area contributed by atoms with E-state index in [-0.39, 0.29) is 5.91 Å². The van der Waals surface area contributed by atoms with Crippen LogP contribution in [0.4, 0.5) is 0 Å². The highest BCUT2D eigenvalue weighted by Gasteiger charge is 2.15. The number of aryl methyl sites for hydroxylation is 1. The molecular weight excluding hydrogens is 280 g/mol. The topological polar surface area (TPSA) is 69.9 Å². The molecule has 0 saturated carbocycles. The van der Waals surface area contributed by atoms with Crippen molar-refractivity contribution >= 4 is 11.9 Å². The third-order valence-electron chi connectivity index (χ3n) is 3.69. The summed E-state index contributed by atoms with van der Waals surface area (Å²) < 4.78 is 5.16. The van der Waals surface area contributed by atoms with Crippen LogP contribution in [0.3, 0.4) is 0 Å². The van der Waals surface area contributed by atoms with Crippen LogP contribution in [0, 0.1) is 6.92 Å². The zero-order valence-electron chi connectivity index (χ0n) is 13.5. The number of amides is 1. The first kappa shape index (κ1) is 16.4. The molecule has 1 aromatic rings. The van der Waals surface area contributed by atoms with Crippen LogP contribution in [0.2, 0.25) is 0 Å². The largest absolute Gasteiger partial charge is 0.459 e. The van der Waals surface area contributed by atoms with E-state index in [1.165, 1.54) is 19.1 Å². The van der Waals surface area contributed by atoms with Crippen molar-refractivity contribution in [1.82, 2.24) is 15.5 Å². The van der Waals surface area contributed by atoms with Crippen LogP contribution >= 0.6 is 0 Å². The minimum atomic E-state index is -0.155. The van der Waals surface area contributed by atoms with Gasteiger partial charge in [0, 0.05) is 38.3 Å². The second-order valence-electron chi connectivity index (χ2n) is 5.47. The van der Waals surface area contributed by atoms with Gasteiger partial charge in [-0.2, -0.15) is 0 Å². The third-order valence-corrected chi connectivity index (χ3v) is 3.69. The Morgan fingerprint density at radius 2 is 2.14 bits per heavy atom. The fraction of sp³-hybridized carbons (Fsp3) is 0.625. The number of likely N-dealkylation sites (tertiary alicyclic amines) is 1. The number of nitrogens with one attached hydrogen (secondary N) is 2. The van der Waals surface area contributed by atoms with Crippen LogP contribution in [0.1, 0.15) is 42.3 Å². The van der Waals surface area contributed by atoms with Crippen molar-refractivity contribution in [3.05, 3.63) is 23.7 Å². The average molecular weight is 306 g/mol. The molecule has 1 aliphatic rings. The molecule has 0 aromatic carbocycles. The van der Waals surface area contributed by atoms with E-state index in [9.17, 15) is 4.79 Å². The lowest BCUT2D eigenvalue weighted by atomic mass is 10.2. The van der Waals surface area contributed by atoms with E-state index in [1.54, 1.807) is 6.07 Å². The molecule has 1 aliphatic heterocycles. The molecule has 6 heteroatoms. The van der Waals surface area contributed by atoms with Crippen LogP contribution in [0.25, 0.3) is 0 Å². The maximum atomic E-state index is 11.9. The van der Waals surface area contributed by atoms with Gasteiger partial charge >= 0.3 is 0 Å². The second kappa shape index (κ2) is 8.46. The first-order valence-electron chi connectivity index (χ1n) is 8.08. The van der Waals surface area contributed by atoms with Gasteiger partial charge in [0.15, 0.2) is 11.7 Å². The summed E-state index contributed by atoms with van der Waals surface area (Å²) in [5, 5.41) is 6.19. The van der Waals surface area contributed by atoms with Crippen LogP contribution in [-0.2, 0) is 0 Å². The predicted octanol–water partition coefficient (Wildman–Crippen LogP) is 1.77. The van der Waals surface area contributed by atoms with E-state index in [0.717, 1.165) is 37.6 Å². The zero-order valence-corrected chi connectivity index (χ0v) is 13.5. The van der Waals surface area contributed by atoms with E-state index in [4.69, 9.17) is 4.42 Å². The van der Waals surface area contributed by atoms with Gasteiger partial charge < -0.3 is 20.0 Å². The molecule has 0 unspecified atom stereocenters. The molecule has 0 radical (unpaired) electrons. The monoisotopic (exact) mass is 306 g/mol. The fourth-order valence-corrected chi connectivity index (χ4v) is 2.51. The molecule has 0 spiro atoms. The van der Waals surface area contributed by atoms with Crippen LogP contribution in [0.5, 0.6) is 0 Å². The number of guanidine groups is 1. The number of furan rings is 1. The van der Waals surface area contributed by atoms with Crippen molar-refractivity contribution in [2.75, 3.05) is 32.7 Å². The van der Waals surface area contributed by atoms with Crippen molar-refractivity contribution in [2.24, 2.45) is 4.99 Å². The maximum absolute atomic E-state index is 11.9. The first-order chi connectivity index (χ1) is 10.7. The lowest BCUT2D eigenvalue weighted by molar-refractivity contribution is 0.0925. The summed E-state index contributed by atoms with van der Waals surface area (Å²) in [7, 11) is 0. The van der Waals surface area contributed by atoms with Gasteiger partial charge in [0.05, 0.1) is 6.26 Å². The molecule has 0 bridgehead atoms. The Labute approximate surface area is 132 Å². The highest BCUT2D eigenvalue weighted by molar-refractivity contribution is 5.92. The summed E-state index contributed by atoms with van der Waals surface area (Å²) in [4.78, 5) is 18.8. The smallest absolute Gasteiger partial charge is 0.287 e. The standard InChI is InChI=1S/C16H26N4O2/c1-3-17-16(20-10-4-5-11-20)19-9-6-8-18-15(21)14-13(2)7-12-22-14/h7,12H,3-6,8-11H2,1-2H3,(H,17,19)(H,18,21). The molecular formula is C16H26N4O2. The van der Waals surface area contributed by atoms with Crippen molar-refractivity contribution in [2.45, 2.75) is 33.1 Å². The molecule has 2 heterocycles. The Hall–Kier alpha value is -1.98. The summed E-state index contributed by atoms with van der Waals surface area (Å²) in [5.41, 5.74) is 0.860. The number of carbonyl (C=O) groups is 1. The summed E-state index contributed by atoms with van der Waals surface area (Å²) in [6.07, 6.45) is 4.83. The molecule has 1 amide bonds. The Bertz CT molecular complexity index is 504. The number of aliphatic imine (C=N–C) groups is 1. The predicted molar refractivity (Wildman–Crippen MR) is 87.2 cm³/mol. The van der Waals surface area contributed by atoms with E-state index >= 15 is 0 Å². The van der Waals surface area contributed by atoms with E-state index in [0.29, 0.717) is 18.8 Å². The molecule has 2 N–H and O–H groups in total. The van der Waals surface area contributed by atoms with Crippen molar-refractivity contribution < 1.29 is 9.21 Å². The minimum Gasteiger partial charge on any atom is -0.459 e. The quantitative estimate of drug-likeness (QED) is 0.477. The van der Waals surface area contributed by atoms with E-state index in [2.05, 4.69) is 27.4 Å². The van der Waals surface area contributed by atoms with Gasteiger partial charge in [-0.1, -0.05) is 0 Å². The average Bonchev–Trinajstić information content (AvgIpc) is 3.16. The highest BCUT2D eigenvalue weighted by atomic mass is 16.3. The maximum Gasteiger partial charge on any atom is 0.287 e. The zero-order chi connectivity index (χ0) is 15.8. The van der Waals surface area contributed by atoms with Crippen molar-refractivity contribution in [1.29, 1.82) is 0 Å². The Balaban J connectivity index is 1.71. The summed E-state index contributed by atoms with van der Waals surface area (Å²) in [6, 6.07) is 1.79. The van der Waals surface area contributed by atoms with Crippen molar-refractivity contribution in [3.8, 4) is 0 Å². The lowest BCUT2D eigenvalue weighted by Crippen LogP contribution is -2.39. The first-order valence-corrected chi connectivity index (χ1v) is 8.08. The van der Waals surface area contributed by atoms with Gasteiger partial charge in [0.25, 0.3) is 5.91 Å². The van der Waals surface area contributed by atoms with Crippen LogP contribution in [0.15, 0.2) is 21.7 Å². The molecule has 6 nitrogen and oxygen atoms in total. The summed E-state index contributed by atoms with van der Waals surface area (Å²) in [5.74, 6) is 1.24. The van der Waals surface area contributed by atoms with Gasteiger partial charge in [-0.15, -0.1) is 0 Å². The Morgan fingerprint density at radius 1 is 1.36 bits per heavy atom. The number of hydrogen-bond acceptors (Lipinski definition) is 3. The fourth-order valence-electron chi connectivity index (χ4n) is 2.51. The van der Waals surface area contributed by atoms with Gasteiger partial charge in [0.2, 0.25) is 0 Å². The Kier molecular flexibility index (Phi) is 6.30.